The molecule has 40 atom stereocenters. The maximum atomic E-state index is 12.2. The fourth-order valence-electron chi connectivity index (χ4n) is 14.6. The summed E-state index contributed by atoms with van der Waals surface area (Å²) in [7, 11) is 0. The Labute approximate surface area is 990 Å². The van der Waals surface area contributed by atoms with Crippen LogP contribution in [0.4, 0.5) is 0 Å². The van der Waals surface area contributed by atoms with Crippen LogP contribution in [0.15, 0.2) is 0 Å². The van der Waals surface area contributed by atoms with Crippen molar-refractivity contribution in [2.45, 2.75) is 297 Å². The molecule has 30 aliphatic heterocycles. The van der Waals surface area contributed by atoms with Crippen LogP contribution in [0.5, 0.6) is 0 Å². The van der Waals surface area contributed by atoms with Crippen molar-refractivity contribution in [1.29, 1.82) is 0 Å². The van der Waals surface area contributed by atoms with E-state index in [-0.39, 0.29) is 282 Å². The van der Waals surface area contributed by atoms with Crippen molar-refractivity contribution in [1.82, 2.24) is 0 Å². The molecule has 0 saturated carbocycles. The van der Waals surface area contributed by atoms with E-state index in [0.29, 0.717) is 0 Å². The average molecular weight is 2180 g/mol. The van der Waals surface area contributed by atoms with Gasteiger partial charge >= 0.3 is 236 Å². The number of rotatable bonds is 40. The summed E-state index contributed by atoms with van der Waals surface area (Å²) in [5, 5.41) is 288. The normalized spacial score (nSPS) is 39.1. The summed E-state index contributed by atoms with van der Waals surface area (Å²) in [4.78, 5) is 93.3. The number of hydrogen-bond donors (Lipinski definition) is 16. The van der Waals surface area contributed by atoms with E-state index >= 15 is 0 Å². The summed E-state index contributed by atoms with van der Waals surface area (Å²) in [6.07, 6.45) is -88.6. The molecule has 30 fully saturated rings. The number of carboxylic acid groups (broad SMARTS) is 8. The molecule has 136 heavy (non-hydrogen) atoms. The first-order valence-corrected chi connectivity index (χ1v) is 49.6. The van der Waals surface area contributed by atoms with Gasteiger partial charge in [0.15, 0.2) is 50.3 Å². The molecule has 0 aromatic carbocycles. The SMILES string of the molecule is O=C([O-])CCSC[C@H]1O[C@@H]2O[C@H]3[C@H](O)[C@@H](O)[C@@H](O[C@H]4[C@H](O)[C@@H](O)[C@@H](O[C@H]5[C@H](O)[C@@H](O)[C@@H](O[C@H]6[C@H](O)[C@@H](O)[C@@H](O[C@H]7[C@H](O)[C@@H](O)[C@@H](O[C@H]8[C@H](O)[C@@H](O)[C@@H](O[C@H]9[C@H](O)C(O)[C@@H](O[C@H]1[C@H](O)[C@H]2O)O[C@@H]9CSCCC(=O)[O-])O[C@@H]8CSCCC(=O)[O-])O[C@@H]7CSCCC(=O)[O-])O[C@@H]6CSCCC(=O)[O-])O[C@@H]5CSCCC(=O)[O-])O[C@@H]4CSCCC(=O)[O-])O[C@@H]3CSCCC(=O)[O-].[Na+].[Na+].[Na+].[Na+].[Na+].[Na+].[Na+].[Na+]. The Balaban J connectivity index is 0.0000116. The zero-order valence-corrected chi connectivity index (χ0v) is 98.1. The Bertz CT molecular complexity index is 2870. The van der Waals surface area contributed by atoms with Gasteiger partial charge in [-0.25, -0.2) is 0 Å². The number of aliphatic hydroxyl groups excluding tert-OH is 16. The number of hydrogen-bond acceptors (Lipinski definition) is 56. The smallest absolute Gasteiger partial charge is 0.550 e. The third-order valence-electron chi connectivity index (χ3n) is 21.3. The van der Waals surface area contributed by atoms with Crippen LogP contribution < -0.4 is 277 Å². The zero-order chi connectivity index (χ0) is 93.7. The molecule has 30 rings (SSSR count). The van der Waals surface area contributed by atoms with Crippen LogP contribution in [-0.2, 0) is 114 Å². The molecule has 30 aliphatic rings. The van der Waals surface area contributed by atoms with E-state index in [0.717, 1.165) is 94.1 Å². The first kappa shape index (κ1) is 139. The molecule has 16 bridgehead atoms. The fraction of sp³-hybridized carbons (Fsp3) is 0.889. The maximum Gasteiger partial charge on any atom is 1.00 e. The monoisotopic (exact) mass is 2180 g/mol. The molecule has 0 radical (unpaired) electrons. The number of thioether (sulfide) groups is 8. The van der Waals surface area contributed by atoms with Gasteiger partial charge in [-0.3, -0.25) is 0 Å². The second-order valence-corrected chi connectivity index (χ2v) is 39.8. The van der Waals surface area contributed by atoms with Gasteiger partial charge in [0.25, 0.3) is 0 Å². The summed E-state index contributed by atoms with van der Waals surface area (Å²) in [5.74, 6) is -17.6. The Kier molecular flexibility index (Phi) is 71.6. The number of carbonyl (C=O) groups is 8. The van der Waals surface area contributed by atoms with Gasteiger partial charge in [0.05, 0.1) is 48.8 Å². The molecular weight excluding hydrogens is 2070 g/mol. The molecule has 0 aromatic rings. The summed E-state index contributed by atoms with van der Waals surface area (Å²) >= 11 is 6.55. The minimum Gasteiger partial charge on any atom is -0.550 e. The molecule has 0 amide bonds. The van der Waals surface area contributed by atoms with Gasteiger partial charge in [0.2, 0.25) is 0 Å². The van der Waals surface area contributed by atoms with E-state index in [2.05, 4.69) is 0 Å². The number of aliphatic carboxylic acids is 8. The molecular formula is C72H104Na8O48S8. The van der Waals surface area contributed by atoms with Crippen molar-refractivity contribution in [2.24, 2.45) is 0 Å². The van der Waals surface area contributed by atoms with Crippen LogP contribution in [0.1, 0.15) is 51.4 Å². The molecule has 64 heteroatoms. The Hall–Kier alpha value is 5.28. The zero-order valence-electron chi connectivity index (χ0n) is 75.5. The summed E-state index contributed by atoms with van der Waals surface area (Å²) < 4.78 is 99.6. The third kappa shape index (κ3) is 41.5. The molecule has 48 nitrogen and oxygen atoms in total. The van der Waals surface area contributed by atoms with Gasteiger partial charge in [0, 0.05) is 93.8 Å². The summed E-state index contributed by atoms with van der Waals surface area (Å²) in [6.45, 7) is 0. The van der Waals surface area contributed by atoms with Crippen molar-refractivity contribution in [3.05, 3.63) is 0 Å². The van der Waals surface area contributed by atoms with E-state index in [1.807, 2.05) is 0 Å². The minimum atomic E-state index is -2.36. The van der Waals surface area contributed by atoms with Crippen LogP contribution in [0.3, 0.4) is 0 Å². The summed E-state index contributed by atoms with van der Waals surface area (Å²) in [6, 6.07) is 0. The van der Waals surface area contributed by atoms with Gasteiger partial charge in [-0.2, -0.15) is 94.1 Å². The third-order valence-corrected chi connectivity index (χ3v) is 29.8. The molecule has 0 spiro atoms. The summed E-state index contributed by atoms with van der Waals surface area (Å²) in [5.41, 5.74) is 0. The first-order chi connectivity index (χ1) is 60.7. The van der Waals surface area contributed by atoms with E-state index in [1.54, 1.807) is 0 Å². The van der Waals surface area contributed by atoms with Crippen molar-refractivity contribution < 1.29 is 473 Å². The largest absolute Gasteiger partial charge is 1.00 e. The molecule has 16 N–H and O–H groups in total. The average Bonchev–Trinajstić information content (AvgIpc) is 0.802. The van der Waals surface area contributed by atoms with Crippen molar-refractivity contribution in [3.8, 4) is 0 Å². The van der Waals surface area contributed by atoms with Crippen molar-refractivity contribution in [2.75, 3.05) is 92.0 Å². The van der Waals surface area contributed by atoms with Crippen LogP contribution in [0.2, 0.25) is 0 Å². The Morgan fingerprint density at radius 2 is 0.250 bits per heavy atom. The predicted octanol–water partition coefficient (Wildman–Crippen LogP) is -42.3. The van der Waals surface area contributed by atoms with Gasteiger partial charge < -0.3 is 237 Å². The molecule has 736 valence electrons. The molecule has 1 unspecified atom stereocenters. The van der Waals surface area contributed by atoms with Gasteiger partial charge in [-0.15, -0.1) is 0 Å². The Morgan fingerprint density at radius 1 is 0.162 bits per heavy atom. The van der Waals surface area contributed by atoms with E-state index < -0.39 is 391 Å². The standard InChI is InChI=1S/C72H112O48S8.8Na/c73-33(74)1-9-121-17-25-57-41(89)49(97)65(105-25)114-58-26(18-122-10-2-34(75)76)107-67(51(99)43(58)91)116-60-28(20-124-12-4-36(79)80)109-69(53(101)45(60)93)118-62-30(22-126-14-6-38(83)84)111-71(55(103)47(62)95)120-64-32(24-128-16-8-40(87)88)112-72(56(104)48(64)96)119-63-31(23-127-15-7-39(85)86)110-70(54(102)46(63)94)117-61-29(21-125-13-5-37(81)82)108-68(52(100)44(61)92)115-59-27(19-123-11-3-35(77)78)106-66(113-57)50(98)42(59)90;;;;;;;;/h25-32,41-72,89-104H,1-24H2,(H,73,74)(H,75,76)(H,77,78)(H,79,80)(H,81,82)(H,83,84)(H,85,86)(H,87,88);;;;;;;;/q;8*+1/p-8/t25-,26-,27-,28-,29-,30-,31-,32-,41-,42-,43-,44-,45-,46-,47-,48-,49-,50-,51-,52-,53-,54-,55-,56?,57-,58-,59-,60-,61-,62-,63-,64-,65-,66-,67-,68-,69-,70-,71-,72-;;;;;;;;/m1......../s1. The topological polar surface area (TPSA) is 792 Å². The van der Waals surface area contributed by atoms with Crippen LogP contribution >= 0.6 is 94.1 Å². The minimum absolute atomic E-state index is 0. The second kappa shape index (κ2) is 69.9. The quantitative estimate of drug-likeness (QED) is 0.0200. The van der Waals surface area contributed by atoms with Gasteiger partial charge in [0.1, 0.15) is 146 Å². The van der Waals surface area contributed by atoms with Crippen molar-refractivity contribution >= 4 is 142 Å². The van der Waals surface area contributed by atoms with E-state index in [4.69, 9.17) is 75.8 Å². The number of ether oxygens (including phenoxy) is 16. The number of aliphatic hydroxyl groups is 16. The van der Waals surface area contributed by atoms with Crippen LogP contribution in [0.25, 0.3) is 0 Å². The first-order valence-electron chi connectivity index (χ1n) is 40.3. The van der Waals surface area contributed by atoms with Gasteiger partial charge in [-0.1, -0.05) is 0 Å². The van der Waals surface area contributed by atoms with E-state index in [9.17, 15) is 161 Å². The fourth-order valence-corrected chi connectivity index (χ4v) is 22.5. The predicted molar refractivity (Wildman–Crippen MR) is 420 cm³/mol. The van der Waals surface area contributed by atoms with Crippen molar-refractivity contribution in [3.63, 3.8) is 0 Å². The van der Waals surface area contributed by atoms with Crippen LogP contribution in [0, 0.1) is 0 Å². The number of carbonyl (C=O) groups excluding carboxylic acids is 8. The van der Waals surface area contributed by atoms with Crippen LogP contribution in [-0.4, -0.2) is 467 Å². The van der Waals surface area contributed by atoms with Gasteiger partial charge in [-0.05, 0) is 97.4 Å². The molecule has 30 saturated heterocycles. The Morgan fingerprint density at radius 3 is 0.331 bits per heavy atom. The molecule has 0 aliphatic carbocycles. The van der Waals surface area contributed by atoms with E-state index in [1.165, 1.54) is 0 Å². The molecule has 30 heterocycles. The maximum absolute atomic E-state index is 12.2. The molecule has 0 aromatic heterocycles. The second-order valence-electron chi connectivity index (χ2n) is 30.6. The number of carboxylic acids is 8.